The van der Waals surface area contributed by atoms with E-state index in [1.165, 1.54) is 29.1 Å². The number of carbonyl (C=O) groups is 1. The average molecular weight is 480 g/mol. The number of ether oxygens (including phenoxy) is 1. The number of sulfonamides is 1. The van der Waals surface area contributed by atoms with Crippen LogP contribution in [0.3, 0.4) is 0 Å². The normalized spacial score (nSPS) is 15.1. The number of methoxy groups -OCH3 is 1. The summed E-state index contributed by atoms with van der Waals surface area (Å²) in [5, 5.41) is 2.81. The van der Waals surface area contributed by atoms with Crippen molar-refractivity contribution in [2.75, 3.05) is 38.6 Å². The standard InChI is InChI=1S/C26H29N3O4S/c1-20-8-6-7-11-23(20)26(30)27-24-18-22(12-13-25(24)33-2)34(31,32)29-16-14-28(15-17-29)19-21-9-4-3-5-10-21/h3-13,18H,14-17,19H2,1-2H3,(H,27,30). The molecule has 178 valence electrons. The van der Waals surface area contributed by atoms with Gasteiger partial charge in [-0.2, -0.15) is 4.31 Å². The fraction of sp³-hybridized carbons (Fsp3) is 0.269. The zero-order chi connectivity index (χ0) is 24.1. The Bertz CT molecular complexity index is 1250. The minimum Gasteiger partial charge on any atom is -0.495 e. The molecule has 0 spiro atoms. The van der Waals surface area contributed by atoms with Crippen molar-refractivity contribution in [3.63, 3.8) is 0 Å². The quantitative estimate of drug-likeness (QED) is 0.558. The van der Waals surface area contributed by atoms with Crippen LogP contribution in [0, 0.1) is 6.92 Å². The predicted molar refractivity (Wildman–Crippen MR) is 133 cm³/mol. The number of hydrogen-bond donors (Lipinski definition) is 1. The Morgan fingerprint density at radius 2 is 1.62 bits per heavy atom. The third-order valence-corrected chi connectivity index (χ3v) is 7.92. The first-order chi connectivity index (χ1) is 16.4. The van der Waals surface area contributed by atoms with Crippen LogP contribution in [-0.2, 0) is 16.6 Å². The summed E-state index contributed by atoms with van der Waals surface area (Å²) in [6.45, 7) is 4.78. The smallest absolute Gasteiger partial charge is 0.256 e. The summed E-state index contributed by atoms with van der Waals surface area (Å²) in [5.41, 5.74) is 2.88. The highest BCUT2D eigenvalue weighted by Gasteiger charge is 2.29. The minimum atomic E-state index is -3.71. The monoisotopic (exact) mass is 479 g/mol. The first kappa shape index (κ1) is 23.9. The van der Waals surface area contributed by atoms with Crippen LogP contribution in [0.15, 0.2) is 77.7 Å². The first-order valence-electron chi connectivity index (χ1n) is 11.2. The lowest BCUT2D eigenvalue weighted by atomic mass is 10.1. The third-order valence-electron chi connectivity index (χ3n) is 6.03. The molecule has 0 saturated carbocycles. The topological polar surface area (TPSA) is 79.0 Å². The van der Waals surface area contributed by atoms with E-state index in [2.05, 4.69) is 22.3 Å². The molecule has 1 N–H and O–H groups in total. The molecule has 1 aliphatic rings. The summed E-state index contributed by atoms with van der Waals surface area (Å²) in [6, 6.07) is 22.0. The Kier molecular flexibility index (Phi) is 7.31. The van der Waals surface area contributed by atoms with Crippen molar-refractivity contribution in [1.82, 2.24) is 9.21 Å². The molecule has 1 heterocycles. The summed E-state index contributed by atoms with van der Waals surface area (Å²) >= 11 is 0. The zero-order valence-corrected chi connectivity index (χ0v) is 20.2. The van der Waals surface area contributed by atoms with Crippen molar-refractivity contribution in [2.45, 2.75) is 18.4 Å². The molecule has 0 unspecified atom stereocenters. The molecule has 4 rings (SSSR count). The second-order valence-corrected chi connectivity index (χ2v) is 10.2. The van der Waals surface area contributed by atoms with Gasteiger partial charge in [-0.15, -0.1) is 0 Å². The van der Waals surface area contributed by atoms with Gasteiger partial charge in [0.25, 0.3) is 5.91 Å². The van der Waals surface area contributed by atoms with Crippen molar-refractivity contribution >= 4 is 21.6 Å². The SMILES string of the molecule is COc1ccc(S(=O)(=O)N2CCN(Cc3ccccc3)CC2)cc1NC(=O)c1ccccc1C. The van der Waals surface area contributed by atoms with E-state index in [9.17, 15) is 13.2 Å². The lowest BCUT2D eigenvalue weighted by Crippen LogP contribution is -2.48. The van der Waals surface area contributed by atoms with Crippen LogP contribution in [0.25, 0.3) is 0 Å². The number of carbonyl (C=O) groups excluding carboxylic acids is 1. The molecule has 1 amide bonds. The number of nitrogens with zero attached hydrogens (tertiary/aromatic N) is 2. The van der Waals surface area contributed by atoms with Crippen molar-refractivity contribution in [3.8, 4) is 5.75 Å². The number of anilines is 1. The summed E-state index contributed by atoms with van der Waals surface area (Å²) < 4.78 is 33.6. The number of piperazine rings is 1. The average Bonchev–Trinajstić information content (AvgIpc) is 2.85. The number of benzene rings is 3. The molecule has 1 fully saturated rings. The van der Waals surface area contributed by atoms with Gasteiger partial charge in [-0.3, -0.25) is 9.69 Å². The zero-order valence-electron chi connectivity index (χ0n) is 19.4. The Morgan fingerprint density at radius 3 is 2.29 bits per heavy atom. The van der Waals surface area contributed by atoms with Gasteiger partial charge in [-0.1, -0.05) is 48.5 Å². The molecule has 0 aromatic heterocycles. The van der Waals surface area contributed by atoms with E-state index in [1.54, 1.807) is 18.2 Å². The van der Waals surface area contributed by atoms with Crippen LogP contribution >= 0.6 is 0 Å². The fourth-order valence-corrected chi connectivity index (χ4v) is 5.53. The molecule has 0 radical (unpaired) electrons. The maximum absolute atomic E-state index is 13.4. The van der Waals surface area contributed by atoms with Gasteiger partial charge in [0.15, 0.2) is 0 Å². The van der Waals surface area contributed by atoms with Gasteiger partial charge in [0.1, 0.15) is 5.75 Å². The van der Waals surface area contributed by atoms with Crippen LogP contribution in [0.2, 0.25) is 0 Å². The Balaban J connectivity index is 1.49. The molecule has 0 atom stereocenters. The lowest BCUT2D eigenvalue weighted by Gasteiger charge is -2.34. The Labute approximate surface area is 201 Å². The molecule has 8 heteroatoms. The molecule has 0 bridgehead atoms. The maximum atomic E-state index is 13.4. The molecule has 3 aromatic carbocycles. The number of rotatable bonds is 7. The Hall–Kier alpha value is -3.20. The fourth-order valence-electron chi connectivity index (χ4n) is 4.08. The summed E-state index contributed by atoms with van der Waals surface area (Å²) in [7, 11) is -2.23. The molecule has 1 aliphatic heterocycles. The molecule has 3 aromatic rings. The summed E-state index contributed by atoms with van der Waals surface area (Å²) in [5.74, 6) is 0.0778. The van der Waals surface area contributed by atoms with Crippen molar-refractivity contribution in [3.05, 3.63) is 89.5 Å². The van der Waals surface area contributed by atoms with Gasteiger partial charge in [0.2, 0.25) is 10.0 Å². The lowest BCUT2D eigenvalue weighted by molar-refractivity contribution is 0.102. The van der Waals surface area contributed by atoms with Crippen molar-refractivity contribution in [2.24, 2.45) is 0 Å². The van der Waals surface area contributed by atoms with Gasteiger partial charge in [0.05, 0.1) is 17.7 Å². The van der Waals surface area contributed by atoms with Crippen molar-refractivity contribution < 1.29 is 17.9 Å². The van der Waals surface area contributed by atoms with Crippen molar-refractivity contribution in [1.29, 1.82) is 0 Å². The van der Waals surface area contributed by atoms with Crippen LogP contribution < -0.4 is 10.1 Å². The van der Waals surface area contributed by atoms with E-state index in [1.807, 2.05) is 37.3 Å². The number of aryl methyl sites for hydroxylation is 1. The highest BCUT2D eigenvalue weighted by molar-refractivity contribution is 7.89. The molecule has 34 heavy (non-hydrogen) atoms. The van der Waals surface area contributed by atoms with E-state index < -0.39 is 10.0 Å². The molecule has 0 aliphatic carbocycles. The highest BCUT2D eigenvalue weighted by Crippen LogP contribution is 2.30. The Morgan fingerprint density at radius 1 is 0.941 bits per heavy atom. The highest BCUT2D eigenvalue weighted by atomic mass is 32.2. The maximum Gasteiger partial charge on any atom is 0.256 e. The van der Waals surface area contributed by atoms with E-state index in [0.29, 0.717) is 43.2 Å². The van der Waals surface area contributed by atoms with Gasteiger partial charge < -0.3 is 10.1 Å². The van der Waals surface area contributed by atoms with Gasteiger partial charge in [0, 0.05) is 38.3 Å². The molecular formula is C26H29N3O4S. The van der Waals surface area contributed by atoms with Crippen LogP contribution in [0.5, 0.6) is 5.75 Å². The minimum absolute atomic E-state index is 0.130. The largest absolute Gasteiger partial charge is 0.495 e. The second-order valence-electron chi connectivity index (χ2n) is 8.30. The van der Waals surface area contributed by atoms with E-state index in [0.717, 1.165) is 12.1 Å². The van der Waals surface area contributed by atoms with Gasteiger partial charge >= 0.3 is 0 Å². The van der Waals surface area contributed by atoms with E-state index in [-0.39, 0.29) is 10.8 Å². The van der Waals surface area contributed by atoms with E-state index in [4.69, 9.17) is 4.74 Å². The van der Waals surface area contributed by atoms with E-state index >= 15 is 0 Å². The van der Waals surface area contributed by atoms with Crippen LogP contribution in [0.1, 0.15) is 21.5 Å². The molecular weight excluding hydrogens is 450 g/mol. The van der Waals surface area contributed by atoms with Crippen LogP contribution in [0.4, 0.5) is 5.69 Å². The summed E-state index contributed by atoms with van der Waals surface area (Å²) in [4.78, 5) is 15.2. The number of amides is 1. The van der Waals surface area contributed by atoms with Gasteiger partial charge in [-0.05, 0) is 42.3 Å². The first-order valence-corrected chi connectivity index (χ1v) is 12.6. The number of hydrogen-bond acceptors (Lipinski definition) is 5. The second kappa shape index (κ2) is 10.4. The molecule has 7 nitrogen and oxygen atoms in total. The van der Waals surface area contributed by atoms with Gasteiger partial charge in [-0.25, -0.2) is 8.42 Å². The third kappa shape index (κ3) is 5.30. The van der Waals surface area contributed by atoms with Crippen LogP contribution in [-0.4, -0.2) is 56.8 Å². The summed E-state index contributed by atoms with van der Waals surface area (Å²) in [6.07, 6.45) is 0. The molecule has 1 saturated heterocycles. The number of nitrogens with one attached hydrogen (secondary N) is 1. The predicted octanol–water partition coefficient (Wildman–Crippen LogP) is 3.76.